The van der Waals surface area contributed by atoms with Crippen molar-refractivity contribution in [2.75, 3.05) is 6.54 Å². The number of hydrogen-bond donors (Lipinski definition) is 2. The fourth-order valence-corrected chi connectivity index (χ4v) is 0.346. The molecule has 4 heteroatoms. The molecule has 1 heterocycles. The standard InChI is InChI=1S/C3H5N3S/c4-1-3(7)5-2-6-3/h7H,1,4H2. The molecule has 0 spiro atoms. The molecule has 2 N–H and O–H groups in total. The van der Waals surface area contributed by atoms with Crippen LogP contribution in [0.5, 0.6) is 0 Å². The van der Waals surface area contributed by atoms with E-state index in [4.69, 9.17) is 5.73 Å². The van der Waals surface area contributed by atoms with Crippen LogP contribution in [0.4, 0.5) is 0 Å². The number of rotatable bonds is 1. The second kappa shape index (κ2) is 1.33. The van der Waals surface area contributed by atoms with Gasteiger partial charge in [-0.3, -0.25) is 0 Å². The van der Waals surface area contributed by atoms with E-state index in [-0.39, 0.29) is 0 Å². The van der Waals surface area contributed by atoms with Gasteiger partial charge in [0.05, 0.1) is 6.01 Å². The molecule has 0 fully saturated rings. The Morgan fingerprint density at radius 1 is 1.71 bits per heavy atom. The Bertz CT molecular complexity index is 127. The van der Waals surface area contributed by atoms with E-state index in [1.165, 1.54) is 0 Å². The number of thiol groups is 1. The first-order valence-corrected chi connectivity index (χ1v) is 2.33. The van der Waals surface area contributed by atoms with Gasteiger partial charge in [-0.2, -0.15) is 9.98 Å². The lowest BCUT2D eigenvalue weighted by Crippen LogP contribution is -2.30. The zero-order chi connectivity index (χ0) is 5.33. The van der Waals surface area contributed by atoms with Gasteiger partial charge in [-0.15, -0.1) is 12.6 Å². The van der Waals surface area contributed by atoms with Crippen LogP contribution in [0.15, 0.2) is 9.98 Å². The molecule has 7 heavy (non-hydrogen) atoms. The van der Waals surface area contributed by atoms with Gasteiger partial charge in [0.2, 0.25) is 4.99 Å². The summed E-state index contributed by atoms with van der Waals surface area (Å²) in [6.45, 7) is 0.350. The monoisotopic (exact) mass is 115 g/mol. The van der Waals surface area contributed by atoms with Crippen molar-refractivity contribution in [1.29, 1.82) is 0 Å². The van der Waals surface area contributed by atoms with Crippen LogP contribution in [0.25, 0.3) is 0 Å². The Hall–Kier alpha value is -0.310. The predicted molar refractivity (Wildman–Crippen MR) is 30.6 cm³/mol. The second-order valence-electron chi connectivity index (χ2n) is 1.30. The van der Waals surface area contributed by atoms with Gasteiger partial charge in [0.15, 0.2) is 0 Å². The summed E-state index contributed by atoms with van der Waals surface area (Å²) in [5, 5.41) is 0. The van der Waals surface area contributed by atoms with E-state index in [9.17, 15) is 0 Å². The van der Waals surface area contributed by atoms with Crippen LogP contribution in [-0.4, -0.2) is 17.5 Å². The van der Waals surface area contributed by atoms with Crippen LogP contribution in [-0.2, 0) is 0 Å². The Labute approximate surface area is 46.7 Å². The normalized spacial score (nSPS) is 22.0. The fourth-order valence-electron chi connectivity index (χ4n) is 0.257. The molecule has 0 aromatic carbocycles. The summed E-state index contributed by atoms with van der Waals surface area (Å²) >= 11 is 3.95. The molecule has 3 nitrogen and oxygen atoms in total. The van der Waals surface area contributed by atoms with Gasteiger partial charge < -0.3 is 5.73 Å². The minimum absolute atomic E-state index is 0.350. The van der Waals surface area contributed by atoms with Crippen molar-refractivity contribution in [1.82, 2.24) is 0 Å². The first kappa shape index (κ1) is 4.84. The van der Waals surface area contributed by atoms with Crippen molar-refractivity contribution in [3.8, 4) is 0 Å². The van der Waals surface area contributed by atoms with Crippen molar-refractivity contribution in [3.05, 3.63) is 0 Å². The summed E-state index contributed by atoms with van der Waals surface area (Å²) in [4.78, 5) is 6.66. The highest BCUT2D eigenvalue weighted by Crippen LogP contribution is 2.19. The second-order valence-corrected chi connectivity index (χ2v) is 2.02. The van der Waals surface area contributed by atoms with E-state index in [0.29, 0.717) is 6.54 Å². The highest BCUT2D eigenvalue weighted by molar-refractivity contribution is 7.81. The van der Waals surface area contributed by atoms with Crippen molar-refractivity contribution >= 4 is 18.6 Å². The maximum atomic E-state index is 5.16. The van der Waals surface area contributed by atoms with E-state index >= 15 is 0 Å². The van der Waals surface area contributed by atoms with Gasteiger partial charge in [-0.1, -0.05) is 0 Å². The van der Waals surface area contributed by atoms with Crippen LogP contribution in [0.2, 0.25) is 0 Å². The molecule has 0 amide bonds. The topological polar surface area (TPSA) is 50.7 Å². The van der Waals surface area contributed by atoms with E-state index in [1.54, 1.807) is 0 Å². The minimum Gasteiger partial charge on any atom is -0.326 e. The van der Waals surface area contributed by atoms with Crippen LogP contribution >= 0.6 is 12.6 Å². The smallest absolute Gasteiger partial charge is 0.226 e. The Morgan fingerprint density at radius 2 is 2.29 bits per heavy atom. The van der Waals surface area contributed by atoms with Gasteiger partial charge in [0.1, 0.15) is 0 Å². The summed E-state index contributed by atoms with van der Waals surface area (Å²) in [6.07, 6.45) is 0. The molecule has 0 unspecified atom stereocenters. The van der Waals surface area contributed by atoms with Gasteiger partial charge in [-0.25, -0.2) is 0 Å². The summed E-state index contributed by atoms with van der Waals surface area (Å²) in [5.41, 5.74) is 5.16. The maximum Gasteiger partial charge on any atom is 0.226 e. The highest BCUT2D eigenvalue weighted by atomic mass is 32.1. The summed E-state index contributed by atoms with van der Waals surface area (Å²) in [6, 6.07) is 2.35. The third-order valence-corrected chi connectivity index (χ3v) is 1.11. The Balaban J connectivity index is 2.54. The van der Waals surface area contributed by atoms with Gasteiger partial charge >= 0.3 is 0 Å². The van der Waals surface area contributed by atoms with Crippen LogP contribution in [0.3, 0.4) is 0 Å². The molecule has 1 rings (SSSR count). The Morgan fingerprint density at radius 3 is 2.29 bits per heavy atom. The van der Waals surface area contributed by atoms with Gasteiger partial charge in [-0.05, 0) is 0 Å². The minimum atomic E-state index is -0.625. The molecule has 1 aliphatic heterocycles. The summed E-state index contributed by atoms with van der Waals surface area (Å²) < 4.78 is 0. The van der Waals surface area contributed by atoms with Crippen molar-refractivity contribution < 1.29 is 0 Å². The molecule has 38 valence electrons. The molecule has 0 atom stereocenters. The van der Waals surface area contributed by atoms with Gasteiger partial charge in [0.25, 0.3) is 0 Å². The molecule has 0 radical (unpaired) electrons. The lowest BCUT2D eigenvalue weighted by Gasteiger charge is -2.16. The summed E-state index contributed by atoms with van der Waals surface area (Å²) in [7, 11) is 0. The van der Waals surface area contributed by atoms with Crippen LogP contribution < -0.4 is 5.73 Å². The molecule has 0 saturated carbocycles. The molecule has 1 aliphatic rings. The first-order chi connectivity index (χ1) is 3.27. The molecule has 0 aromatic rings. The Kier molecular flexibility index (Phi) is 0.922. The van der Waals surface area contributed by atoms with Crippen molar-refractivity contribution in [2.24, 2.45) is 15.7 Å². The number of nitrogens with zero attached hydrogens (tertiary/aromatic N) is 2. The van der Waals surface area contributed by atoms with E-state index in [0.717, 1.165) is 0 Å². The number of aliphatic imine (C=N–C) groups is 2. The van der Waals surface area contributed by atoms with Crippen molar-refractivity contribution in [3.63, 3.8) is 0 Å². The van der Waals surface area contributed by atoms with Crippen molar-refractivity contribution in [2.45, 2.75) is 4.99 Å². The molecular formula is C3H5N3S. The first-order valence-electron chi connectivity index (χ1n) is 1.88. The number of hydrogen-bond acceptors (Lipinski definition) is 4. The third kappa shape index (κ3) is 0.678. The molecule has 0 saturated heterocycles. The lowest BCUT2D eigenvalue weighted by atomic mass is 10.5. The lowest BCUT2D eigenvalue weighted by molar-refractivity contribution is 0.640. The zero-order valence-electron chi connectivity index (χ0n) is 3.63. The largest absolute Gasteiger partial charge is 0.326 e. The summed E-state index contributed by atoms with van der Waals surface area (Å²) in [5.74, 6) is 0. The van der Waals surface area contributed by atoms with E-state index < -0.39 is 4.99 Å². The maximum absolute atomic E-state index is 5.16. The number of nitrogens with two attached hydrogens (primary N) is 1. The van der Waals surface area contributed by atoms with E-state index in [2.05, 4.69) is 28.6 Å². The molecule has 0 aromatic heterocycles. The molecular weight excluding hydrogens is 110 g/mol. The molecule has 0 aliphatic carbocycles. The average Bonchev–Trinajstić information content (AvgIpc) is 1.61. The van der Waals surface area contributed by atoms with Crippen LogP contribution in [0, 0.1) is 0 Å². The molecule has 0 bridgehead atoms. The zero-order valence-corrected chi connectivity index (χ0v) is 4.52. The third-order valence-electron chi connectivity index (χ3n) is 0.732. The highest BCUT2D eigenvalue weighted by Gasteiger charge is 2.24. The van der Waals surface area contributed by atoms with E-state index in [1.807, 2.05) is 0 Å². The predicted octanol–water partition coefficient (Wildman–Crippen LogP) is -0.284. The van der Waals surface area contributed by atoms with Crippen LogP contribution in [0.1, 0.15) is 0 Å². The van der Waals surface area contributed by atoms with Gasteiger partial charge in [0, 0.05) is 6.54 Å². The fraction of sp³-hybridized carbons (Fsp3) is 0.667. The average molecular weight is 115 g/mol. The quantitative estimate of drug-likeness (QED) is 0.453. The SMILES string of the molecule is NCC1(S)N=C=N1.